The molecule has 114 valence electrons. The van der Waals surface area contributed by atoms with Gasteiger partial charge in [-0.2, -0.15) is 0 Å². The number of hydrogen-bond donors (Lipinski definition) is 3. The molecule has 8 heteroatoms. The summed E-state index contributed by atoms with van der Waals surface area (Å²) in [5.41, 5.74) is 6.27. The first-order valence-corrected chi connectivity index (χ1v) is 6.85. The molecule has 2 aromatic rings. The molecule has 1 aromatic heterocycles. The highest BCUT2D eigenvalue weighted by atomic mass is 32.1. The fraction of sp³-hybridized carbons (Fsp3) is 0.143. The zero-order valence-electron chi connectivity index (χ0n) is 11.6. The Bertz CT molecular complexity index is 729. The largest absolute Gasteiger partial charge is 0.469 e. The summed E-state index contributed by atoms with van der Waals surface area (Å²) in [5.74, 6) is 1.54. The number of aryl methyl sites for hydroxylation is 1. The molecule has 2 heterocycles. The molecule has 1 aliphatic rings. The van der Waals surface area contributed by atoms with Crippen molar-refractivity contribution in [2.75, 3.05) is 12.1 Å². The highest BCUT2D eigenvalue weighted by Gasteiger charge is 2.14. The summed E-state index contributed by atoms with van der Waals surface area (Å²) in [7, 11) is 0. The molecule has 0 spiro atoms. The predicted octanol–water partition coefficient (Wildman–Crippen LogP) is 1.95. The van der Waals surface area contributed by atoms with Gasteiger partial charge in [0.15, 0.2) is 16.6 Å². The maximum Gasteiger partial charge on any atom is 0.273 e. The van der Waals surface area contributed by atoms with Gasteiger partial charge in [-0.1, -0.05) is 0 Å². The zero-order chi connectivity index (χ0) is 15.5. The molecule has 1 aliphatic heterocycles. The van der Waals surface area contributed by atoms with Crippen LogP contribution in [-0.4, -0.2) is 17.8 Å². The Kier molecular flexibility index (Phi) is 3.84. The molecule has 1 amide bonds. The van der Waals surface area contributed by atoms with Crippen molar-refractivity contribution in [3.05, 3.63) is 41.9 Å². The molecule has 0 atom stereocenters. The predicted molar refractivity (Wildman–Crippen MR) is 82.8 cm³/mol. The number of ether oxygens (including phenoxy) is 2. The van der Waals surface area contributed by atoms with Gasteiger partial charge in [-0.15, -0.1) is 0 Å². The van der Waals surface area contributed by atoms with Crippen molar-refractivity contribution < 1.29 is 18.7 Å². The van der Waals surface area contributed by atoms with Crippen LogP contribution in [0, 0.1) is 6.92 Å². The number of thiocarbonyl (C=S) groups is 1. The summed E-state index contributed by atoms with van der Waals surface area (Å²) < 4.78 is 15.6. The van der Waals surface area contributed by atoms with Crippen molar-refractivity contribution in [1.29, 1.82) is 0 Å². The normalized spacial score (nSPS) is 11.9. The minimum atomic E-state index is -0.332. The van der Waals surface area contributed by atoms with Gasteiger partial charge in [0.1, 0.15) is 5.76 Å². The van der Waals surface area contributed by atoms with Crippen LogP contribution in [0.2, 0.25) is 0 Å². The average Bonchev–Trinajstić information content (AvgIpc) is 3.12. The van der Waals surface area contributed by atoms with Crippen LogP contribution in [0.1, 0.15) is 16.1 Å². The number of amides is 1. The molecule has 1 aromatic carbocycles. The molecule has 0 saturated carbocycles. The van der Waals surface area contributed by atoms with Gasteiger partial charge in [0.25, 0.3) is 5.91 Å². The first kappa shape index (κ1) is 14.2. The molecule has 0 aliphatic carbocycles. The molecular weight excluding hydrogens is 306 g/mol. The average molecular weight is 319 g/mol. The third-order valence-corrected chi connectivity index (χ3v) is 3.23. The second-order valence-corrected chi connectivity index (χ2v) is 4.90. The molecule has 0 radical (unpaired) electrons. The van der Waals surface area contributed by atoms with Crippen LogP contribution in [0.15, 0.2) is 34.9 Å². The van der Waals surface area contributed by atoms with E-state index in [2.05, 4.69) is 16.2 Å². The lowest BCUT2D eigenvalue weighted by atomic mass is 10.2. The van der Waals surface area contributed by atoms with Crippen molar-refractivity contribution >= 4 is 28.9 Å². The van der Waals surface area contributed by atoms with Crippen molar-refractivity contribution in [1.82, 2.24) is 10.9 Å². The van der Waals surface area contributed by atoms with Crippen LogP contribution in [0.25, 0.3) is 0 Å². The molecule has 0 saturated heterocycles. The van der Waals surface area contributed by atoms with E-state index in [1.807, 2.05) is 0 Å². The van der Waals surface area contributed by atoms with E-state index < -0.39 is 0 Å². The standard InChI is InChI=1S/C14H13N3O4S/c1-8-10(4-5-19-8)13(18)16-17-14(22)15-9-2-3-11-12(6-9)21-7-20-11/h2-6H,7H2,1H3,(H,16,18)(H2,15,17,22). The number of anilines is 1. The van der Waals surface area contributed by atoms with Gasteiger partial charge in [0.05, 0.1) is 11.8 Å². The summed E-state index contributed by atoms with van der Waals surface area (Å²) in [6.45, 7) is 1.92. The number of furan rings is 1. The lowest BCUT2D eigenvalue weighted by Gasteiger charge is -2.11. The SMILES string of the molecule is Cc1occc1C(=O)NNC(=S)Nc1ccc2c(c1)OCO2. The van der Waals surface area contributed by atoms with Crippen molar-refractivity contribution in [2.45, 2.75) is 6.92 Å². The Balaban J connectivity index is 1.54. The molecule has 3 rings (SSSR count). The third-order valence-electron chi connectivity index (χ3n) is 3.02. The Morgan fingerprint density at radius 3 is 2.77 bits per heavy atom. The van der Waals surface area contributed by atoms with Gasteiger partial charge < -0.3 is 19.2 Å². The Morgan fingerprint density at radius 1 is 1.18 bits per heavy atom. The molecule has 0 fully saturated rings. The lowest BCUT2D eigenvalue weighted by molar-refractivity contribution is 0.0942. The molecule has 7 nitrogen and oxygen atoms in total. The van der Waals surface area contributed by atoms with Crippen LogP contribution < -0.4 is 25.6 Å². The van der Waals surface area contributed by atoms with Gasteiger partial charge in [0.2, 0.25) is 6.79 Å². The lowest BCUT2D eigenvalue weighted by Crippen LogP contribution is -2.43. The highest BCUT2D eigenvalue weighted by Crippen LogP contribution is 2.34. The summed E-state index contributed by atoms with van der Waals surface area (Å²) in [6, 6.07) is 6.92. The summed E-state index contributed by atoms with van der Waals surface area (Å²) in [4.78, 5) is 11.9. The number of hydrogen-bond acceptors (Lipinski definition) is 5. The number of carbonyl (C=O) groups is 1. The van der Waals surface area contributed by atoms with Gasteiger partial charge in [-0.3, -0.25) is 15.6 Å². The monoisotopic (exact) mass is 319 g/mol. The maximum absolute atomic E-state index is 11.9. The first-order chi connectivity index (χ1) is 10.6. The van der Waals surface area contributed by atoms with Crippen LogP contribution >= 0.6 is 12.2 Å². The van der Waals surface area contributed by atoms with E-state index in [9.17, 15) is 4.79 Å². The minimum absolute atomic E-state index is 0.210. The number of hydrazine groups is 1. The molecule has 0 bridgehead atoms. The fourth-order valence-corrected chi connectivity index (χ4v) is 2.11. The summed E-state index contributed by atoms with van der Waals surface area (Å²) >= 11 is 5.11. The highest BCUT2D eigenvalue weighted by molar-refractivity contribution is 7.80. The fourth-order valence-electron chi connectivity index (χ4n) is 1.94. The van der Waals surface area contributed by atoms with E-state index in [0.29, 0.717) is 22.8 Å². The third kappa shape index (κ3) is 2.96. The van der Waals surface area contributed by atoms with E-state index in [4.69, 9.17) is 26.1 Å². The second-order valence-electron chi connectivity index (χ2n) is 4.49. The van der Waals surface area contributed by atoms with Crippen LogP contribution in [0.5, 0.6) is 11.5 Å². The number of nitrogens with one attached hydrogen (secondary N) is 3. The van der Waals surface area contributed by atoms with E-state index in [0.717, 1.165) is 5.69 Å². The summed E-state index contributed by atoms with van der Waals surface area (Å²) in [6.07, 6.45) is 1.45. The van der Waals surface area contributed by atoms with Gasteiger partial charge in [-0.25, -0.2) is 0 Å². The minimum Gasteiger partial charge on any atom is -0.469 e. The molecule has 3 N–H and O–H groups in total. The second kappa shape index (κ2) is 5.94. The van der Waals surface area contributed by atoms with Crippen molar-refractivity contribution in [2.24, 2.45) is 0 Å². The van der Waals surface area contributed by atoms with E-state index in [1.165, 1.54) is 6.26 Å². The van der Waals surface area contributed by atoms with Crippen LogP contribution in [-0.2, 0) is 0 Å². The van der Waals surface area contributed by atoms with Gasteiger partial charge in [0, 0.05) is 11.8 Å². The van der Waals surface area contributed by atoms with E-state index >= 15 is 0 Å². The smallest absolute Gasteiger partial charge is 0.273 e. The Hall–Kier alpha value is -2.74. The van der Waals surface area contributed by atoms with Crippen molar-refractivity contribution in [3.63, 3.8) is 0 Å². The quantitative estimate of drug-likeness (QED) is 0.576. The number of carbonyl (C=O) groups excluding carboxylic acids is 1. The molecule has 0 unspecified atom stereocenters. The van der Waals surface area contributed by atoms with Crippen molar-refractivity contribution in [3.8, 4) is 11.5 Å². The van der Waals surface area contributed by atoms with Crippen LogP contribution in [0.3, 0.4) is 0 Å². The Labute approximate surface area is 131 Å². The number of benzene rings is 1. The summed E-state index contributed by atoms with van der Waals surface area (Å²) in [5, 5.41) is 3.18. The van der Waals surface area contributed by atoms with E-state index in [-0.39, 0.29) is 17.8 Å². The van der Waals surface area contributed by atoms with Gasteiger partial charge in [-0.05, 0) is 37.3 Å². The van der Waals surface area contributed by atoms with Gasteiger partial charge >= 0.3 is 0 Å². The Morgan fingerprint density at radius 2 is 2.00 bits per heavy atom. The number of fused-ring (bicyclic) bond motifs is 1. The first-order valence-electron chi connectivity index (χ1n) is 6.44. The zero-order valence-corrected chi connectivity index (χ0v) is 12.5. The maximum atomic E-state index is 11.9. The number of rotatable bonds is 2. The van der Waals surface area contributed by atoms with Crippen LogP contribution in [0.4, 0.5) is 5.69 Å². The molecule has 22 heavy (non-hydrogen) atoms. The topological polar surface area (TPSA) is 84.8 Å². The van der Waals surface area contributed by atoms with E-state index in [1.54, 1.807) is 31.2 Å². The molecular formula is C14H13N3O4S.